The number of halogens is 1. The van der Waals surface area contributed by atoms with Crippen LogP contribution in [-0.4, -0.2) is 30.6 Å². The number of rotatable bonds is 5. The summed E-state index contributed by atoms with van der Waals surface area (Å²) in [6.07, 6.45) is 1.26. The topological polar surface area (TPSA) is 47.3 Å². The Labute approximate surface area is 150 Å². The van der Waals surface area contributed by atoms with Gasteiger partial charge in [-0.2, -0.15) is 5.26 Å². The fraction of sp³-hybridized carbons (Fsp3) is 0.381. The van der Waals surface area contributed by atoms with Gasteiger partial charge in [-0.3, -0.25) is 0 Å². The molecule has 0 fully saturated rings. The molecule has 1 unspecified atom stereocenters. The number of aliphatic hydroxyl groups is 1. The molecular weight excluding hydrogens is 315 g/mol. The average Bonchev–Trinajstić information content (AvgIpc) is 2.61. The zero-order valence-corrected chi connectivity index (χ0v) is 15.5. The number of benzene rings is 2. The second-order valence-corrected chi connectivity index (χ2v) is 6.26. The summed E-state index contributed by atoms with van der Waals surface area (Å²) >= 11 is 0. The largest absolute Gasteiger partial charge is 0.392 e. The SMILES string of the molecule is CC(c1ccc(F)cc1)c1ccc(C#N)cc1CO.CCCN(C)C. The second kappa shape index (κ2) is 10.6. The van der Waals surface area contributed by atoms with Crippen molar-refractivity contribution in [3.05, 3.63) is 70.5 Å². The van der Waals surface area contributed by atoms with Crippen LogP contribution in [0.3, 0.4) is 0 Å². The van der Waals surface area contributed by atoms with E-state index < -0.39 is 0 Å². The number of aliphatic hydroxyl groups excluding tert-OH is 1. The summed E-state index contributed by atoms with van der Waals surface area (Å²) in [5.41, 5.74) is 3.18. The summed E-state index contributed by atoms with van der Waals surface area (Å²) < 4.78 is 12.9. The molecule has 0 spiro atoms. The van der Waals surface area contributed by atoms with E-state index in [1.54, 1.807) is 24.3 Å². The van der Waals surface area contributed by atoms with Gasteiger partial charge in [0, 0.05) is 5.92 Å². The molecule has 0 bridgehead atoms. The van der Waals surface area contributed by atoms with Crippen LogP contribution in [0.15, 0.2) is 42.5 Å². The smallest absolute Gasteiger partial charge is 0.123 e. The van der Waals surface area contributed by atoms with Gasteiger partial charge in [-0.15, -0.1) is 0 Å². The van der Waals surface area contributed by atoms with Crippen LogP contribution in [0.2, 0.25) is 0 Å². The number of nitrogens with zero attached hydrogens (tertiary/aromatic N) is 2. The molecule has 0 aromatic heterocycles. The maximum atomic E-state index is 12.9. The molecule has 0 amide bonds. The van der Waals surface area contributed by atoms with Gasteiger partial charge in [0.2, 0.25) is 0 Å². The molecule has 1 N–H and O–H groups in total. The minimum absolute atomic E-state index is 0.0375. The Morgan fingerprint density at radius 1 is 1.16 bits per heavy atom. The van der Waals surface area contributed by atoms with Crippen LogP contribution in [0.4, 0.5) is 4.39 Å². The summed E-state index contributed by atoms with van der Waals surface area (Å²) in [6, 6.07) is 13.6. The highest BCUT2D eigenvalue weighted by molar-refractivity contribution is 5.42. The van der Waals surface area contributed by atoms with Crippen LogP contribution in [0.5, 0.6) is 0 Å². The molecule has 0 aliphatic rings. The van der Waals surface area contributed by atoms with Crippen molar-refractivity contribution < 1.29 is 9.50 Å². The lowest BCUT2D eigenvalue weighted by atomic mass is 9.89. The zero-order valence-electron chi connectivity index (χ0n) is 15.5. The van der Waals surface area contributed by atoms with E-state index in [4.69, 9.17) is 5.26 Å². The van der Waals surface area contributed by atoms with E-state index in [1.165, 1.54) is 25.1 Å². The van der Waals surface area contributed by atoms with E-state index in [9.17, 15) is 9.50 Å². The number of hydrogen-bond acceptors (Lipinski definition) is 3. The molecule has 2 aromatic rings. The van der Waals surface area contributed by atoms with Crippen molar-refractivity contribution in [1.82, 2.24) is 4.90 Å². The second-order valence-electron chi connectivity index (χ2n) is 6.26. The Hall–Kier alpha value is -2.22. The van der Waals surface area contributed by atoms with Crippen LogP contribution >= 0.6 is 0 Å². The first-order chi connectivity index (χ1) is 11.9. The molecule has 0 radical (unpaired) electrons. The molecule has 1 atom stereocenters. The first-order valence-corrected chi connectivity index (χ1v) is 8.46. The van der Waals surface area contributed by atoms with Gasteiger partial charge >= 0.3 is 0 Å². The predicted octanol–water partition coefficient (Wildman–Crippen LogP) is 4.30. The van der Waals surface area contributed by atoms with Crippen LogP contribution < -0.4 is 0 Å². The van der Waals surface area contributed by atoms with Gasteiger partial charge in [0.05, 0.1) is 18.2 Å². The van der Waals surface area contributed by atoms with Gasteiger partial charge in [0.1, 0.15) is 5.82 Å². The van der Waals surface area contributed by atoms with Crippen LogP contribution in [0.1, 0.15) is 48.4 Å². The monoisotopic (exact) mass is 342 g/mol. The first kappa shape index (κ1) is 20.8. The van der Waals surface area contributed by atoms with Gasteiger partial charge < -0.3 is 10.0 Å². The third-order valence-corrected chi connectivity index (χ3v) is 3.95. The third kappa shape index (κ3) is 6.66. The molecule has 3 nitrogen and oxygen atoms in total. The highest BCUT2D eigenvalue weighted by Gasteiger charge is 2.13. The molecular formula is C21H27FN2O. The van der Waals surface area contributed by atoms with Crippen molar-refractivity contribution >= 4 is 0 Å². The van der Waals surface area contributed by atoms with Crippen LogP contribution in [0.25, 0.3) is 0 Å². The summed E-state index contributed by atoms with van der Waals surface area (Å²) in [5, 5.41) is 18.3. The van der Waals surface area contributed by atoms with E-state index in [1.807, 2.05) is 13.0 Å². The Kier molecular flexibility index (Phi) is 8.83. The summed E-state index contributed by atoms with van der Waals surface area (Å²) in [5.74, 6) is -0.228. The van der Waals surface area contributed by atoms with E-state index in [-0.39, 0.29) is 18.3 Å². The summed E-state index contributed by atoms with van der Waals surface area (Å²) in [7, 11) is 4.17. The molecule has 0 aliphatic heterocycles. The minimum atomic E-state index is -0.266. The number of nitriles is 1. The third-order valence-electron chi connectivity index (χ3n) is 3.95. The van der Waals surface area contributed by atoms with Gasteiger partial charge in [-0.25, -0.2) is 4.39 Å². The Morgan fingerprint density at radius 3 is 2.24 bits per heavy atom. The van der Waals surface area contributed by atoms with Crippen LogP contribution in [0, 0.1) is 17.1 Å². The van der Waals surface area contributed by atoms with Gasteiger partial charge in [0.15, 0.2) is 0 Å². The van der Waals surface area contributed by atoms with Gasteiger partial charge in [0.25, 0.3) is 0 Å². The molecule has 2 rings (SSSR count). The molecule has 0 heterocycles. The fourth-order valence-corrected chi connectivity index (χ4v) is 2.61. The average molecular weight is 342 g/mol. The standard InChI is InChI=1S/C16H14FNO.C5H13N/c1-11(13-3-5-15(17)6-4-13)16-7-2-12(9-18)8-14(16)10-19;1-4-5-6(2)3/h2-8,11,19H,10H2,1H3;4-5H2,1-3H3. The lowest BCUT2D eigenvalue weighted by molar-refractivity contribution is 0.280. The molecule has 25 heavy (non-hydrogen) atoms. The lowest BCUT2D eigenvalue weighted by Crippen LogP contribution is -2.11. The normalized spacial score (nSPS) is 11.4. The first-order valence-electron chi connectivity index (χ1n) is 8.46. The molecule has 0 saturated carbocycles. The van der Waals surface area contributed by atoms with Crippen molar-refractivity contribution in [3.8, 4) is 6.07 Å². The lowest BCUT2D eigenvalue weighted by Gasteiger charge is -2.16. The van der Waals surface area contributed by atoms with Crippen LogP contribution in [-0.2, 0) is 6.61 Å². The highest BCUT2D eigenvalue weighted by Crippen LogP contribution is 2.27. The fourth-order valence-electron chi connectivity index (χ4n) is 2.61. The summed E-state index contributed by atoms with van der Waals surface area (Å²) in [4.78, 5) is 2.18. The minimum Gasteiger partial charge on any atom is -0.392 e. The van der Waals surface area contributed by atoms with Crippen molar-refractivity contribution in [2.75, 3.05) is 20.6 Å². The van der Waals surface area contributed by atoms with Crippen molar-refractivity contribution in [2.24, 2.45) is 0 Å². The van der Waals surface area contributed by atoms with E-state index in [0.717, 1.165) is 16.7 Å². The molecule has 4 heteroatoms. The van der Waals surface area contributed by atoms with E-state index in [0.29, 0.717) is 5.56 Å². The van der Waals surface area contributed by atoms with Gasteiger partial charge in [-0.1, -0.05) is 32.0 Å². The Bertz CT molecular complexity index is 690. The number of hydrogen-bond donors (Lipinski definition) is 1. The van der Waals surface area contributed by atoms with Crippen molar-refractivity contribution in [2.45, 2.75) is 32.8 Å². The molecule has 2 aromatic carbocycles. The molecule has 134 valence electrons. The van der Waals surface area contributed by atoms with Gasteiger partial charge in [-0.05, 0) is 68.0 Å². The van der Waals surface area contributed by atoms with Crippen molar-refractivity contribution in [3.63, 3.8) is 0 Å². The van der Waals surface area contributed by atoms with Crippen molar-refractivity contribution in [1.29, 1.82) is 5.26 Å². The molecule has 0 saturated heterocycles. The zero-order chi connectivity index (χ0) is 18.8. The quantitative estimate of drug-likeness (QED) is 0.881. The Balaban J connectivity index is 0.000000450. The molecule has 0 aliphatic carbocycles. The van der Waals surface area contributed by atoms with E-state index in [2.05, 4.69) is 32.0 Å². The highest BCUT2D eigenvalue weighted by atomic mass is 19.1. The maximum Gasteiger partial charge on any atom is 0.123 e. The maximum absolute atomic E-state index is 12.9. The van der Waals surface area contributed by atoms with E-state index >= 15 is 0 Å². The predicted molar refractivity (Wildman–Crippen MR) is 99.8 cm³/mol. The summed E-state index contributed by atoms with van der Waals surface area (Å²) in [6.45, 7) is 5.27. The Morgan fingerprint density at radius 2 is 1.80 bits per heavy atom.